The first-order valence-corrected chi connectivity index (χ1v) is 4.58. The highest BCUT2D eigenvalue weighted by atomic mass is 19.4. The van der Waals surface area contributed by atoms with Gasteiger partial charge in [0.25, 0.3) is 0 Å². The second-order valence-electron chi connectivity index (χ2n) is 3.45. The minimum Gasteiger partial charge on any atom is -0.343 e. The zero-order chi connectivity index (χ0) is 18.2. The van der Waals surface area contributed by atoms with Crippen molar-refractivity contribution >= 4 is 5.71 Å². The lowest BCUT2D eigenvalue weighted by atomic mass is 10.2. The molecule has 0 aliphatic rings. The van der Waals surface area contributed by atoms with E-state index in [2.05, 4.69) is 4.74 Å². The third-order valence-electron chi connectivity index (χ3n) is 1.97. The van der Waals surface area contributed by atoms with E-state index in [0.29, 0.717) is 0 Å². The normalized spacial score (nSPS) is 14.8. The van der Waals surface area contributed by atoms with Crippen LogP contribution in [0.5, 0.6) is 0 Å². The van der Waals surface area contributed by atoms with E-state index in [4.69, 9.17) is 0 Å². The molecule has 0 saturated carbocycles. The number of halogens is 12. The summed E-state index contributed by atoms with van der Waals surface area (Å²) in [4.78, 5) is 0. The Kier molecular flexibility index (Phi) is 5.30. The lowest BCUT2D eigenvalue weighted by molar-refractivity contribution is -0.386. The molecule has 0 saturated heterocycles. The predicted octanol–water partition coefficient (Wildman–Crippen LogP) is 3.52. The van der Waals surface area contributed by atoms with Crippen molar-refractivity contribution in [2.45, 2.75) is 30.4 Å². The lowest BCUT2D eigenvalue weighted by Gasteiger charge is -2.35. The highest BCUT2D eigenvalue weighted by Crippen LogP contribution is 2.44. The van der Waals surface area contributed by atoms with Crippen molar-refractivity contribution in [3.63, 3.8) is 0 Å². The number of hydrogen-bond donors (Lipinski definition) is 1. The van der Waals surface area contributed by atoms with Crippen LogP contribution in [0.2, 0.25) is 0 Å². The molecule has 1 N–H and O–H groups in total. The molecule has 0 aromatic heterocycles. The van der Waals surface area contributed by atoms with Gasteiger partial charge in [-0.1, -0.05) is 0 Å². The molecule has 0 aromatic rings. The summed E-state index contributed by atoms with van der Waals surface area (Å²) in [6.45, 7) is 0. The number of hydrazone groups is 1. The van der Waals surface area contributed by atoms with Gasteiger partial charge in [0.05, 0.1) is 0 Å². The molecule has 0 amide bonds. The van der Waals surface area contributed by atoms with Gasteiger partial charge in [-0.05, 0) is 0 Å². The average Bonchev–Trinajstić information content (AvgIpc) is 2.16. The Bertz CT molecular complexity index is 383. The SMILES string of the molecule is COC(NN=C(C(F)(F)F)C(F)(F)F)(C(F)(F)F)C(F)(F)F. The van der Waals surface area contributed by atoms with Crippen molar-refractivity contribution in [1.29, 1.82) is 0 Å². The van der Waals surface area contributed by atoms with Crippen molar-refractivity contribution in [1.82, 2.24) is 5.43 Å². The topological polar surface area (TPSA) is 33.6 Å². The zero-order valence-electron chi connectivity index (χ0n) is 9.89. The Labute approximate surface area is 112 Å². The third kappa shape index (κ3) is 4.07. The fraction of sp³-hybridized carbons (Fsp3) is 0.857. The standard InChI is InChI=1S/C7H4F12N2O/c1-22-5(6(14,15)16,7(17,18)19)21-20-2(3(8,9)10)4(11,12)13/h21H,1H3. The highest BCUT2D eigenvalue weighted by molar-refractivity contribution is 5.94. The maximum atomic E-state index is 12.4. The molecule has 0 atom stereocenters. The van der Waals surface area contributed by atoms with Crippen molar-refractivity contribution < 1.29 is 57.4 Å². The van der Waals surface area contributed by atoms with Crippen LogP contribution in [-0.4, -0.2) is 43.3 Å². The molecular weight excluding hydrogens is 356 g/mol. The van der Waals surface area contributed by atoms with Crippen LogP contribution >= 0.6 is 0 Å². The second-order valence-corrected chi connectivity index (χ2v) is 3.45. The van der Waals surface area contributed by atoms with E-state index in [1.54, 1.807) is 0 Å². The molecule has 0 aromatic carbocycles. The van der Waals surface area contributed by atoms with E-state index in [-0.39, 0.29) is 12.5 Å². The fourth-order valence-electron chi connectivity index (χ4n) is 0.987. The van der Waals surface area contributed by atoms with Crippen LogP contribution in [0.1, 0.15) is 0 Å². The van der Waals surface area contributed by atoms with Gasteiger partial charge in [0.1, 0.15) is 0 Å². The smallest absolute Gasteiger partial charge is 0.343 e. The first kappa shape index (κ1) is 20.6. The molecule has 0 aliphatic heterocycles. The predicted molar refractivity (Wildman–Crippen MR) is 44.5 cm³/mol. The Morgan fingerprint density at radius 1 is 0.727 bits per heavy atom. The molecule has 3 nitrogen and oxygen atoms in total. The number of hydrogen-bond acceptors (Lipinski definition) is 3. The first-order valence-electron chi connectivity index (χ1n) is 4.58. The summed E-state index contributed by atoms with van der Waals surface area (Å²) in [6.07, 6.45) is -25.7. The monoisotopic (exact) mass is 360 g/mol. The Hall–Kier alpha value is -1.41. The summed E-state index contributed by atoms with van der Waals surface area (Å²) in [5.74, 6) is 0. The number of nitrogens with one attached hydrogen (secondary N) is 1. The zero-order valence-corrected chi connectivity index (χ0v) is 9.89. The molecule has 0 rings (SSSR count). The van der Waals surface area contributed by atoms with Gasteiger partial charge in [0, 0.05) is 7.11 Å². The van der Waals surface area contributed by atoms with Crippen molar-refractivity contribution in [3.05, 3.63) is 0 Å². The summed E-state index contributed by atoms with van der Waals surface area (Å²) in [7, 11) is -0.232. The third-order valence-corrected chi connectivity index (χ3v) is 1.97. The van der Waals surface area contributed by atoms with Gasteiger partial charge in [-0.2, -0.15) is 57.8 Å². The maximum Gasteiger partial charge on any atom is 0.447 e. The lowest BCUT2D eigenvalue weighted by Crippen LogP contribution is -2.66. The molecule has 0 heterocycles. The maximum absolute atomic E-state index is 12.4. The van der Waals surface area contributed by atoms with Crippen LogP contribution in [0.4, 0.5) is 52.7 Å². The average molecular weight is 360 g/mol. The van der Waals surface area contributed by atoms with E-state index in [0.717, 1.165) is 0 Å². The molecule has 22 heavy (non-hydrogen) atoms. The molecule has 0 fully saturated rings. The number of methoxy groups -OCH3 is 1. The summed E-state index contributed by atoms with van der Waals surface area (Å²) >= 11 is 0. The fourth-order valence-corrected chi connectivity index (χ4v) is 0.987. The van der Waals surface area contributed by atoms with Crippen molar-refractivity contribution in [2.75, 3.05) is 7.11 Å². The van der Waals surface area contributed by atoms with Crippen LogP contribution < -0.4 is 5.43 Å². The van der Waals surface area contributed by atoms with Crippen molar-refractivity contribution in [2.24, 2.45) is 5.10 Å². The van der Waals surface area contributed by atoms with Gasteiger partial charge in [-0.25, -0.2) is 0 Å². The second kappa shape index (κ2) is 5.66. The molecule has 0 spiro atoms. The quantitative estimate of drug-likeness (QED) is 0.362. The summed E-state index contributed by atoms with van der Waals surface area (Å²) < 4.78 is 149. The minimum atomic E-state index is -6.47. The van der Waals surface area contributed by atoms with Crippen LogP contribution in [0.15, 0.2) is 5.10 Å². The Morgan fingerprint density at radius 3 is 1.23 bits per heavy atom. The summed E-state index contributed by atoms with van der Waals surface area (Å²) in [5, 5.41) is 1.19. The van der Waals surface area contributed by atoms with E-state index < -0.39 is 36.1 Å². The van der Waals surface area contributed by atoms with Crippen LogP contribution in [0, 0.1) is 0 Å². The Morgan fingerprint density at radius 2 is 1.05 bits per heavy atom. The van der Waals surface area contributed by atoms with Gasteiger partial charge in [0.2, 0.25) is 5.71 Å². The summed E-state index contributed by atoms with van der Waals surface area (Å²) in [6, 6.07) is 0. The number of rotatable bonds is 3. The molecule has 0 unspecified atom stereocenters. The van der Waals surface area contributed by atoms with Crippen molar-refractivity contribution in [3.8, 4) is 0 Å². The minimum absolute atomic E-state index is 0.232. The van der Waals surface area contributed by atoms with E-state index in [1.165, 1.54) is 5.10 Å². The van der Waals surface area contributed by atoms with Crippen LogP contribution in [0.25, 0.3) is 0 Å². The van der Waals surface area contributed by atoms with Crippen LogP contribution in [-0.2, 0) is 4.74 Å². The van der Waals surface area contributed by atoms with E-state index >= 15 is 0 Å². The molecule has 0 aliphatic carbocycles. The molecule has 15 heteroatoms. The molecule has 0 radical (unpaired) electrons. The Balaban J connectivity index is 6.03. The van der Waals surface area contributed by atoms with Crippen LogP contribution in [0.3, 0.4) is 0 Å². The van der Waals surface area contributed by atoms with E-state index in [9.17, 15) is 52.7 Å². The number of ether oxygens (including phenoxy) is 1. The highest BCUT2D eigenvalue weighted by Gasteiger charge is 2.73. The van der Waals surface area contributed by atoms with Gasteiger partial charge in [-0.3, -0.25) is 5.43 Å². The number of nitrogens with zero attached hydrogens (tertiary/aromatic N) is 1. The number of alkyl halides is 12. The first-order chi connectivity index (χ1) is 9.40. The molecule has 132 valence electrons. The summed E-state index contributed by atoms with van der Waals surface area (Å²) in [5.41, 5.74) is -9.65. The van der Waals surface area contributed by atoms with E-state index in [1.807, 2.05) is 0 Å². The van der Waals surface area contributed by atoms with Gasteiger partial charge < -0.3 is 4.74 Å². The van der Waals surface area contributed by atoms with Gasteiger partial charge in [0.15, 0.2) is 0 Å². The largest absolute Gasteiger partial charge is 0.447 e. The molecular formula is C7H4F12N2O. The van der Waals surface area contributed by atoms with Gasteiger partial charge >= 0.3 is 30.4 Å². The van der Waals surface area contributed by atoms with Gasteiger partial charge in [-0.15, -0.1) is 0 Å². The molecule has 0 bridgehead atoms.